The van der Waals surface area contributed by atoms with Crippen molar-refractivity contribution in [2.24, 2.45) is 0 Å². The minimum absolute atomic E-state index is 0.594. The van der Waals surface area contributed by atoms with Gasteiger partial charge in [0.2, 0.25) is 0 Å². The highest BCUT2D eigenvalue weighted by molar-refractivity contribution is 5.81. The van der Waals surface area contributed by atoms with Crippen molar-refractivity contribution in [1.29, 1.82) is 0 Å². The molecule has 0 saturated carbocycles. The number of aromatic nitrogens is 1. The Morgan fingerprint density at radius 3 is 2.95 bits per heavy atom. The summed E-state index contributed by atoms with van der Waals surface area (Å²) in [5.74, 6) is 0. The van der Waals surface area contributed by atoms with Gasteiger partial charge in [0, 0.05) is 50.3 Å². The molecule has 1 atom stereocenters. The summed E-state index contributed by atoms with van der Waals surface area (Å²) in [7, 11) is 4.43. The van der Waals surface area contributed by atoms with Crippen LogP contribution < -0.4 is 5.32 Å². The van der Waals surface area contributed by atoms with E-state index in [2.05, 4.69) is 58.5 Å². The third kappa shape index (κ3) is 3.40. The Morgan fingerprint density at radius 1 is 1.19 bits per heavy atom. The number of hydrogen-bond acceptors (Lipinski definition) is 4. The molecule has 1 aromatic heterocycles. The molecule has 1 saturated heterocycles. The number of pyridine rings is 1. The lowest BCUT2D eigenvalue weighted by Crippen LogP contribution is -2.53. The molecule has 112 valence electrons. The molecule has 4 heteroatoms. The first kappa shape index (κ1) is 14.4. The molecule has 1 aromatic carbocycles. The van der Waals surface area contributed by atoms with Crippen LogP contribution in [0.2, 0.25) is 0 Å². The molecule has 0 aliphatic carbocycles. The zero-order valence-corrected chi connectivity index (χ0v) is 12.9. The molecule has 0 amide bonds. The van der Waals surface area contributed by atoms with Crippen LogP contribution in [-0.2, 0) is 6.54 Å². The number of nitrogens with zero attached hydrogens (tertiary/aromatic N) is 3. The van der Waals surface area contributed by atoms with Crippen molar-refractivity contribution < 1.29 is 0 Å². The molecular formula is C17H24N4. The predicted octanol–water partition coefficient (Wildman–Crippen LogP) is 1.57. The van der Waals surface area contributed by atoms with Crippen molar-refractivity contribution in [1.82, 2.24) is 20.1 Å². The number of fused-ring (bicyclic) bond motifs is 1. The maximum atomic E-state index is 4.42. The number of hydrogen-bond donors (Lipinski definition) is 1. The van der Waals surface area contributed by atoms with Gasteiger partial charge in [0.25, 0.3) is 0 Å². The van der Waals surface area contributed by atoms with Crippen LogP contribution in [0.15, 0.2) is 36.5 Å². The second kappa shape index (κ2) is 6.52. The number of nitrogens with one attached hydrogen (secondary N) is 1. The lowest BCUT2D eigenvalue weighted by Gasteiger charge is -2.37. The summed E-state index contributed by atoms with van der Waals surface area (Å²) in [6.07, 6.45) is 1.90. The first-order valence-electron chi connectivity index (χ1n) is 7.66. The molecule has 1 fully saturated rings. The van der Waals surface area contributed by atoms with Crippen LogP contribution in [0.25, 0.3) is 10.9 Å². The summed E-state index contributed by atoms with van der Waals surface area (Å²) < 4.78 is 0. The maximum absolute atomic E-state index is 4.42. The molecule has 1 N–H and O–H groups in total. The fourth-order valence-corrected chi connectivity index (χ4v) is 3.00. The highest BCUT2D eigenvalue weighted by Crippen LogP contribution is 2.16. The number of piperazine rings is 1. The van der Waals surface area contributed by atoms with E-state index in [4.69, 9.17) is 0 Å². The minimum atomic E-state index is 0.594. The third-order valence-corrected chi connectivity index (χ3v) is 4.41. The smallest absolute Gasteiger partial charge is 0.0705 e. The molecular weight excluding hydrogens is 260 g/mol. The van der Waals surface area contributed by atoms with Crippen LogP contribution in [0.1, 0.15) is 5.56 Å². The Morgan fingerprint density at radius 2 is 2.05 bits per heavy atom. The molecule has 2 heterocycles. The predicted molar refractivity (Wildman–Crippen MR) is 87.4 cm³/mol. The summed E-state index contributed by atoms with van der Waals surface area (Å²) in [6.45, 7) is 5.39. The van der Waals surface area contributed by atoms with Crippen molar-refractivity contribution in [3.63, 3.8) is 0 Å². The number of likely N-dealkylation sites (N-methyl/N-ethyl adjacent to an activating group) is 2. The molecule has 21 heavy (non-hydrogen) atoms. The van der Waals surface area contributed by atoms with Gasteiger partial charge in [0.05, 0.1) is 5.52 Å². The lowest BCUT2D eigenvalue weighted by atomic mass is 10.1. The van der Waals surface area contributed by atoms with Crippen LogP contribution >= 0.6 is 0 Å². The third-order valence-electron chi connectivity index (χ3n) is 4.41. The van der Waals surface area contributed by atoms with Crippen molar-refractivity contribution in [2.45, 2.75) is 12.6 Å². The Hall–Kier alpha value is -1.49. The second-order valence-electron chi connectivity index (χ2n) is 6.01. The van der Waals surface area contributed by atoms with Crippen LogP contribution in [0.4, 0.5) is 0 Å². The first-order valence-corrected chi connectivity index (χ1v) is 7.66. The van der Waals surface area contributed by atoms with Crippen LogP contribution in [0.3, 0.4) is 0 Å². The van der Waals surface area contributed by atoms with Crippen LogP contribution in [0, 0.1) is 0 Å². The Labute approximate surface area is 126 Å². The van der Waals surface area contributed by atoms with E-state index < -0.39 is 0 Å². The van der Waals surface area contributed by atoms with Gasteiger partial charge in [-0.05, 0) is 31.8 Å². The molecule has 1 unspecified atom stereocenters. The second-order valence-corrected chi connectivity index (χ2v) is 6.01. The van der Waals surface area contributed by atoms with E-state index in [1.807, 2.05) is 12.3 Å². The minimum Gasteiger partial charge on any atom is -0.311 e. The van der Waals surface area contributed by atoms with Gasteiger partial charge in [-0.25, -0.2) is 0 Å². The standard InChI is InChI=1S/C17H24N4/c1-20-9-10-21(2)15(13-20)12-18-11-14-7-8-19-17-6-4-3-5-16(14)17/h3-8,15,18H,9-13H2,1-2H3. The summed E-state index contributed by atoms with van der Waals surface area (Å²) in [6, 6.07) is 11.1. The number of para-hydroxylation sites is 1. The Kier molecular flexibility index (Phi) is 4.48. The van der Waals surface area contributed by atoms with Gasteiger partial charge >= 0.3 is 0 Å². The van der Waals surface area contributed by atoms with E-state index >= 15 is 0 Å². The van der Waals surface area contributed by atoms with Gasteiger partial charge in [-0.2, -0.15) is 0 Å². The summed E-state index contributed by atoms with van der Waals surface area (Å²) in [5, 5.41) is 4.87. The molecule has 0 bridgehead atoms. The topological polar surface area (TPSA) is 31.4 Å². The highest BCUT2D eigenvalue weighted by atomic mass is 15.3. The number of benzene rings is 1. The fraction of sp³-hybridized carbons (Fsp3) is 0.471. The maximum Gasteiger partial charge on any atom is 0.0705 e. The van der Waals surface area contributed by atoms with E-state index in [-0.39, 0.29) is 0 Å². The van der Waals surface area contributed by atoms with E-state index in [0.717, 1.165) is 31.7 Å². The normalized spacial score (nSPS) is 21.0. The quantitative estimate of drug-likeness (QED) is 0.923. The molecule has 0 radical (unpaired) electrons. The van der Waals surface area contributed by atoms with Crippen molar-refractivity contribution in [3.8, 4) is 0 Å². The molecule has 1 aliphatic heterocycles. The molecule has 2 aromatic rings. The van der Waals surface area contributed by atoms with E-state index in [1.165, 1.54) is 17.5 Å². The number of rotatable bonds is 4. The largest absolute Gasteiger partial charge is 0.311 e. The van der Waals surface area contributed by atoms with Gasteiger partial charge in [0.15, 0.2) is 0 Å². The van der Waals surface area contributed by atoms with E-state index in [1.54, 1.807) is 0 Å². The monoisotopic (exact) mass is 284 g/mol. The van der Waals surface area contributed by atoms with Gasteiger partial charge in [0.1, 0.15) is 0 Å². The highest BCUT2D eigenvalue weighted by Gasteiger charge is 2.21. The van der Waals surface area contributed by atoms with Gasteiger partial charge in [-0.1, -0.05) is 18.2 Å². The van der Waals surface area contributed by atoms with Gasteiger partial charge in [-0.3, -0.25) is 9.88 Å². The summed E-state index contributed by atoms with van der Waals surface area (Å²) in [5.41, 5.74) is 2.40. The Balaban J connectivity index is 1.62. The summed E-state index contributed by atoms with van der Waals surface area (Å²) in [4.78, 5) is 9.29. The summed E-state index contributed by atoms with van der Waals surface area (Å²) >= 11 is 0. The van der Waals surface area contributed by atoms with E-state index in [0.29, 0.717) is 6.04 Å². The molecule has 1 aliphatic rings. The van der Waals surface area contributed by atoms with Gasteiger partial charge < -0.3 is 10.2 Å². The molecule has 0 spiro atoms. The SMILES string of the molecule is CN1CCN(C)C(CNCc2ccnc3ccccc23)C1. The van der Waals surface area contributed by atoms with E-state index in [9.17, 15) is 0 Å². The lowest BCUT2D eigenvalue weighted by molar-refractivity contribution is 0.113. The van der Waals surface area contributed by atoms with Crippen LogP contribution in [0.5, 0.6) is 0 Å². The van der Waals surface area contributed by atoms with Crippen molar-refractivity contribution >= 4 is 10.9 Å². The fourth-order valence-electron chi connectivity index (χ4n) is 3.00. The first-order chi connectivity index (χ1) is 10.2. The van der Waals surface area contributed by atoms with Crippen molar-refractivity contribution in [3.05, 3.63) is 42.1 Å². The zero-order chi connectivity index (χ0) is 14.7. The van der Waals surface area contributed by atoms with Gasteiger partial charge in [-0.15, -0.1) is 0 Å². The zero-order valence-electron chi connectivity index (χ0n) is 12.9. The average molecular weight is 284 g/mol. The van der Waals surface area contributed by atoms with Crippen molar-refractivity contribution in [2.75, 3.05) is 40.3 Å². The van der Waals surface area contributed by atoms with Crippen LogP contribution in [-0.4, -0.2) is 61.1 Å². The molecule has 4 nitrogen and oxygen atoms in total. The Bertz CT molecular complexity index is 593. The average Bonchev–Trinajstić information content (AvgIpc) is 2.51. The molecule has 3 rings (SSSR count).